The Labute approximate surface area is 131 Å². The summed E-state index contributed by atoms with van der Waals surface area (Å²) in [4.78, 5) is 3.33. The molecule has 0 unspecified atom stereocenters. The molecule has 2 aromatic carbocycles. The van der Waals surface area contributed by atoms with Gasteiger partial charge >= 0.3 is 0 Å². The van der Waals surface area contributed by atoms with Gasteiger partial charge in [-0.1, -0.05) is 42.0 Å². The van der Waals surface area contributed by atoms with Crippen LogP contribution < -0.4 is 4.74 Å². The number of fused-ring (bicyclic) bond motifs is 1. The molecule has 0 aliphatic carbocycles. The van der Waals surface area contributed by atoms with Crippen molar-refractivity contribution in [2.45, 2.75) is 26.9 Å². The fourth-order valence-corrected chi connectivity index (χ4v) is 2.47. The zero-order chi connectivity index (χ0) is 15.4. The lowest BCUT2D eigenvalue weighted by atomic mass is 10.1. The maximum absolute atomic E-state index is 5.92. The molecule has 0 radical (unpaired) electrons. The monoisotopic (exact) mass is 291 g/mol. The molecule has 1 N–H and O–H groups in total. The van der Waals surface area contributed by atoms with E-state index in [1.54, 1.807) is 0 Å². The molecule has 0 bridgehead atoms. The van der Waals surface area contributed by atoms with Crippen molar-refractivity contribution in [3.63, 3.8) is 0 Å². The minimum atomic E-state index is 0.597. The summed E-state index contributed by atoms with van der Waals surface area (Å²) in [7, 11) is 0. The summed E-state index contributed by atoms with van der Waals surface area (Å²) < 4.78 is 5.92. The van der Waals surface area contributed by atoms with E-state index in [4.69, 9.17) is 4.74 Å². The summed E-state index contributed by atoms with van der Waals surface area (Å²) in [5, 5.41) is 1.24. The fourth-order valence-electron chi connectivity index (χ4n) is 2.47. The Hall–Kier alpha value is -2.48. The van der Waals surface area contributed by atoms with E-state index >= 15 is 0 Å². The molecule has 112 valence electrons. The van der Waals surface area contributed by atoms with Gasteiger partial charge in [-0.05, 0) is 49.6 Å². The smallest absolute Gasteiger partial charge is 0.120 e. The van der Waals surface area contributed by atoms with Crippen molar-refractivity contribution in [1.82, 2.24) is 4.98 Å². The molecule has 0 fully saturated rings. The van der Waals surface area contributed by atoms with Crippen LogP contribution in [-0.2, 0) is 13.0 Å². The average molecular weight is 291 g/mol. The number of aromatic nitrogens is 1. The Bertz CT molecular complexity index is 780. The molecule has 1 aromatic heterocycles. The van der Waals surface area contributed by atoms with Crippen molar-refractivity contribution in [2.24, 2.45) is 0 Å². The van der Waals surface area contributed by atoms with Crippen LogP contribution in [0, 0.1) is 0 Å². The zero-order valence-electron chi connectivity index (χ0n) is 13.1. The number of hydrogen-bond donors (Lipinski definition) is 1. The van der Waals surface area contributed by atoms with E-state index in [9.17, 15) is 0 Å². The Balaban J connectivity index is 1.79. The number of nitrogens with one attached hydrogen (secondary N) is 1. The van der Waals surface area contributed by atoms with E-state index in [1.165, 1.54) is 22.1 Å². The second-order valence-electron chi connectivity index (χ2n) is 5.78. The van der Waals surface area contributed by atoms with Crippen molar-refractivity contribution >= 4 is 10.9 Å². The Kier molecular flexibility index (Phi) is 4.29. The molecule has 0 amide bonds. The van der Waals surface area contributed by atoms with Gasteiger partial charge in [-0.3, -0.25) is 0 Å². The molecule has 0 aliphatic heterocycles. The second-order valence-corrected chi connectivity index (χ2v) is 5.78. The predicted octanol–water partition coefficient (Wildman–Crippen LogP) is 5.26. The number of aromatic amines is 1. The van der Waals surface area contributed by atoms with Crippen molar-refractivity contribution < 1.29 is 4.74 Å². The van der Waals surface area contributed by atoms with Gasteiger partial charge in [0, 0.05) is 17.1 Å². The van der Waals surface area contributed by atoms with Gasteiger partial charge in [-0.2, -0.15) is 0 Å². The van der Waals surface area contributed by atoms with Crippen LogP contribution in [0.4, 0.5) is 0 Å². The van der Waals surface area contributed by atoms with Crippen molar-refractivity contribution in [3.05, 3.63) is 77.5 Å². The standard InChI is InChI=1S/C20H21NO/c1-15(2)8-9-17-13-21-20-11-10-18(12-19(17)20)22-14-16-6-4-3-5-7-16/h3-8,10-13,21H,9,14H2,1-2H3. The number of ether oxygens (including phenoxy) is 1. The van der Waals surface area contributed by atoms with Gasteiger partial charge in [-0.25, -0.2) is 0 Å². The van der Waals surface area contributed by atoms with Gasteiger partial charge in [0.15, 0.2) is 0 Å². The first kappa shape index (κ1) is 14.5. The van der Waals surface area contributed by atoms with Gasteiger partial charge in [-0.15, -0.1) is 0 Å². The third-order valence-corrected chi connectivity index (χ3v) is 3.72. The summed E-state index contributed by atoms with van der Waals surface area (Å²) in [6.45, 7) is 4.85. The summed E-state index contributed by atoms with van der Waals surface area (Å²) in [5.41, 5.74) is 4.98. The predicted molar refractivity (Wildman–Crippen MR) is 92.2 cm³/mol. The maximum Gasteiger partial charge on any atom is 0.120 e. The molecular formula is C20H21NO. The molecule has 2 nitrogen and oxygen atoms in total. The molecule has 0 saturated heterocycles. The number of rotatable bonds is 5. The van der Waals surface area contributed by atoms with Gasteiger partial charge in [0.25, 0.3) is 0 Å². The third kappa shape index (κ3) is 3.40. The third-order valence-electron chi connectivity index (χ3n) is 3.72. The van der Waals surface area contributed by atoms with Crippen LogP contribution in [-0.4, -0.2) is 4.98 Å². The molecule has 0 aliphatic rings. The average Bonchev–Trinajstić information content (AvgIpc) is 2.94. The van der Waals surface area contributed by atoms with E-state index in [0.717, 1.165) is 17.7 Å². The van der Waals surface area contributed by atoms with Crippen LogP contribution in [0.5, 0.6) is 5.75 Å². The van der Waals surface area contributed by atoms with Gasteiger partial charge < -0.3 is 9.72 Å². The molecule has 1 heterocycles. The van der Waals surface area contributed by atoms with E-state index in [0.29, 0.717) is 6.61 Å². The number of H-pyrrole nitrogens is 1. The van der Waals surface area contributed by atoms with Gasteiger partial charge in [0.2, 0.25) is 0 Å². The minimum Gasteiger partial charge on any atom is -0.489 e. The van der Waals surface area contributed by atoms with Crippen molar-refractivity contribution in [3.8, 4) is 5.75 Å². The molecule has 0 spiro atoms. The van der Waals surface area contributed by atoms with E-state index < -0.39 is 0 Å². The van der Waals surface area contributed by atoms with Crippen LogP contribution in [0.1, 0.15) is 25.0 Å². The highest BCUT2D eigenvalue weighted by Crippen LogP contribution is 2.25. The Morgan fingerprint density at radius 3 is 2.68 bits per heavy atom. The highest BCUT2D eigenvalue weighted by Gasteiger charge is 2.05. The quantitative estimate of drug-likeness (QED) is 0.638. The van der Waals surface area contributed by atoms with Crippen LogP contribution >= 0.6 is 0 Å². The first-order valence-corrected chi connectivity index (χ1v) is 7.62. The molecular weight excluding hydrogens is 270 g/mol. The van der Waals surface area contributed by atoms with Crippen molar-refractivity contribution in [1.29, 1.82) is 0 Å². The molecule has 0 atom stereocenters. The van der Waals surface area contributed by atoms with Crippen LogP contribution in [0.25, 0.3) is 10.9 Å². The number of allylic oxidation sites excluding steroid dienone is 2. The van der Waals surface area contributed by atoms with Crippen LogP contribution in [0.3, 0.4) is 0 Å². The fraction of sp³-hybridized carbons (Fsp3) is 0.200. The maximum atomic E-state index is 5.92. The summed E-state index contributed by atoms with van der Waals surface area (Å²) >= 11 is 0. The highest BCUT2D eigenvalue weighted by atomic mass is 16.5. The molecule has 3 rings (SSSR count). The largest absolute Gasteiger partial charge is 0.489 e. The van der Waals surface area contributed by atoms with E-state index in [1.807, 2.05) is 24.3 Å². The first-order chi connectivity index (χ1) is 10.7. The van der Waals surface area contributed by atoms with E-state index in [2.05, 4.69) is 55.4 Å². The first-order valence-electron chi connectivity index (χ1n) is 7.62. The molecule has 3 aromatic rings. The van der Waals surface area contributed by atoms with Gasteiger partial charge in [0.1, 0.15) is 12.4 Å². The highest BCUT2D eigenvalue weighted by molar-refractivity contribution is 5.84. The van der Waals surface area contributed by atoms with Crippen molar-refractivity contribution in [2.75, 3.05) is 0 Å². The Morgan fingerprint density at radius 2 is 1.91 bits per heavy atom. The topological polar surface area (TPSA) is 25.0 Å². The lowest BCUT2D eigenvalue weighted by Crippen LogP contribution is -1.94. The normalized spacial score (nSPS) is 10.6. The summed E-state index contributed by atoms with van der Waals surface area (Å²) in [5.74, 6) is 0.911. The van der Waals surface area contributed by atoms with Crippen LogP contribution in [0.2, 0.25) is 0 Å². The molecule has 2 heteroatoms. The lowest BCUT2D eigenvalue weighted by Gasteiger charge is -2.07. The molecule has 22 heavy (non-hydrogen) atoms. The lowest BCUT2D eigenvalue weighted by molar-refractivity contribution is 0.306. The van der Waals surface area contributed by atoms with Gasteiger partial charge in [0.05, 0.1) is 0 Å². The molecule has 0 saturated carbocycles. The second kappa shape index (κ2) is 6.52. The Morgan fingerprint density at radius 1 is 1.09 bits per heavy atom. The number of benzene rings is 2. The summed E-state index contributed by atoms with van der Waals surface area (Å²) in [6, 6.07) is 16.5. The number of hydrogen-bond acceptors (Lipinski definition) is 1. The summed E-state index contributed by atoms with van der Waals surface area (Å²) in [6.07, 6.45) is 5.29. The minimum absolute atomic E-state index is 0.597. The zero-order valence-corrected chi connectivity index (χ0v) is 13.1. The SMILES string of the molecule is CC(C)=CCc1c[nH]c2ccc(OCc3ccccc3)cc12. The van der Waals surface area contributed by atoms with E-state index in [-0.39, 0.29) is 0 Å². The van der Waals surface area contributed by atoms with Crippen LogP contribution in [0.15, 0.2) is 66.4 Å².